The van der Waals surface area contributed by atoms with E-state index in [9.17, 15) is 0 Å². The number of hydrogen-bond acceptors (Lipinski definition) is 5. The number of likely N-dealkylation sites (N-methyl/N-ethyl adjacent to an activating group) is 1. The Morgan fingerprint density at radius 3 is 2.76 bits per heavy atom. The van der Waals surface area contributed by atoms with Crippen LogP contribution in [0.4, 0.5) is 5.69 Å². The smallest absolute Gasteiger partial charge is 0.423 e. The first-order chi connectivity index (χ1) is 8.15. The third-order valence-electron chi connectivity index (χ3n) is 3.90. The molecule has 1 aromatic heterocycles. The van der Waals surface area contributed by atoms with Gasteiger partial charge in [0.25, 0.3) is 0 Å². The Labute approximate surface area is 101 Å². The molecule has 2 saturated heterocycles. The van der Waals surface area contributed by atoms with Gasteiger partial charge in [-0.3, -0.25) is 4.98 Å². The van der Waals surface area contributed by atoms with Crippen LogP contribution in [-0.2, 0) is 0 Å². The highest BCUT2D eigenvalue weighted by Gasteiger charge is 2.43. The van der Waals surface area contributed by atoms with Crippen molar-refractivity contribution in [3.8, 4) is 0 Å². The molecule has 2 aliphatic heterocycles. The molecule has 0 radical (unpaired) electrons. The summed E-state index contributed by atoms with van der Waals surface area (Å²) in [6.45, 7) is 3.21. The normalized spacial score (nSPS) is 27.8. The minimum absolute atomic E-state index is 0.454. The largest absolute Gasteiger partial charge is 0.490 e. The first-order valence-electron chi connectivity index (χ1n) is 5.91. The van der Waals surface area contributed by atoms with Crippen LogP contribution in [0.3, 0.4) is 0 Å². The molecule has 5 nitrogen and oxygen atoms in total. The maximum atomic E-state index is 9.14. The van der Waals surface area contributed by atoms with Crippen LogP contribution >= 0.6 is 0 Å². The van der Waals surface area contributed by atoms with Crippen molar-refractivity contribution >= 4 is 18.3 Å². The summed E-state index contributed by atoms with van der Waals surface area (Å²) in [5.41, 5.74) is 1.44. The molecule has 90 valence electrons. The van der Waals surface area contributed by atoms with E-state index in [1.807, 2.05) is 6.07 Å². The summed E-state index contributed by atoms with van der Waals surface area (Å²) in [7, 11) is 0.709. The molecule has 0 unspecified atom stereocenters. The van der Waals surface area contributed by atoms with Crippen molar-refractivity contribution in [3.05, 3.63) is 18.5 Å². The Kier molecular flexibility index (Phi) is 2.58. The molecule has 2 fully saturated rings. The van der Waals surface area contributed by atoms with Gasteiger partial charge in [-0.05, 0) is 13.1 Å². The molecule has 3 heterocycles. The minimum atomic E-state index is -1.44. The number of anilines is 1. The van der Waals surface area contributed by atoms with Gasteiger partial charge in [0.1, 0.15) is 0 Å². The number of nitrogens with zero attached hydrogens (tertiary/aromatic N) is 3. The lowest BCUT2D eigenvalue weighted by atomic mass is 9.81. The van der Waals surface area contributed by atoms with Crippen molar-refractivity contribution in [2.75, 3.05) is 31.6 Å². The molecule has 17 heavy (non-hydrogen) atoms. The maximum absolute atomic E-state index is 9.14. The van der Waals surface area contributed by atoms with Gasteiger partial charge in [0.05, 0.1) is 11.9 Å². The number of likely N-dealkylation sites (tertiary alicyclic amines) is 1. The summed E-state index contributed by atoms with van der Waals surface area (Å²) in [6, 6.07) is 2.46. The number of aromatic nitrogens is 1. The summed E-state index contributed by atoms with van der Waals surface area (Å²) >= 11 is 0. The predicted molar refractivity (Wildman–Crippen MR) is 66.2 cm³/mol. The van der Waals surface area contributed by atoms with Crippen molar-refractivity contribution in [1.82, 2.24) is 9.88 Å². The Bertz CT molecular complexity index is 429. The molecular formula is C11H16BN3O2. The van der Waals surface area contributed by atoms with Gasteiger partial charge < -0.3 is 19.8 Å². The Balaban J connectivity index is 1.78. The van der Waals surface area contributed by atoms with Gasteiger partial charge in [0.15, 0.2) is 0 Å². The third kappa shape index (κ3) is 1.82. The lowest BCUT2D eigenvalue weighted by Gasteiger charge is -2.40. The van der Waals surface area contributed by atoms with Crippen LogP contribution in [-0.4, -0.2) is 59.8 Å². The standard InChI is InChI=1S/C11H16BN3O2/c1-14-5-8-6-15(7-11(8)14)10-2-9(12(16)17)3-13-4-10/h2-4,8,11,16-17H,5-7H2,1H3/t8-,11+/m0/s1. The van der Waals surface area contributed by atoms with E-state index >= 15 is 0 Å². The molecule has 0 spiro atoms. The first kappa shape index (κ1) is 11.0. The van der Waals surface area contributed by atoms with Gasteiger partial charge in [-0.1, -0.05) is 0 Å². The topological polar surface area (TPSA) is 59.8 Å². The van der Waals surface area contributed by atoms with E-state index in [0.29, 0.717) is 11.5 Å². The van der Waals surface area contributed by atoms with Gasteiger partial charge in [-0.25, -0.2) is 0 Å². The number of pyridine rings is 1. The molecule has 6 heteroatoms. The van der Waals surface area contributed by atoms with Gasteiger partial charge in [-0.2, -0.15) is 0 Å². The van der Waals surface area contributed by atoms with Crippen LogP contribution in [0.2, 0.25) is 0 Å². The summed E-state index contributed by atoms with van der Waals surface area (Å²) < 4.78 is 0. The highest BCUT2D eigenvalue weighted by atomic mass is 16.4. The van der Waals surface area contributed by atoms with Gasteiger partial charge in [0, 0.05) is 43.3 Å². The van der Waals surface area contributed by atoms with Crippen LogP contribution in [0.25, 0.3) is 0 Å². The van der Waals surface area contributed by atoms with E-state index in [2.05, 4.69) is 21.8 Å². The van der Waals surface area contributed by atoms with Crippen LogP contribution in [0.15, 0.2) is 18.5 Å². The molecule has 0 aliphatic carbocycles. The fraction of sp³-hybridized carbons (Fsp3) is 0.545. The van der Waals surface area contributed by atoms with E-state index in [4.69, 9.17) is 10.0 Å². The fourth-order valence-electron chi connectivity index (χ4n) is 2.87. The van der Waals surface area contributed by atoms with Gasteiger partial charge >= 0.3 is 7.12 Å². The van der Waals surface area contributed by atoms with Gasteiger partial charge in [0.2, 0.25) is 0 Å². The number of hydrogen-bond donors (Lipinski definition) is 2. The molecule has 0 saturated carbocycles. The van der Waals surface area contributed by atoms with Crippen molar-refractivity contribution < 1.29 is 10.0 Å². The van der Waals surface area contributed by atoms with Crippen molar-refractivity contribution in [2.45, 2.75) is 6.04 Å². The van der Waals surface area contributed by atoms with Crippen LogP contribution in [0.5, 0.6) is 0 Å². The first-order valence-corrected chi connectivity index (χ1v) is 5.91. The second-order valence-electron chi connectivity index (χ2n) is 5.02. The van der Waals surface area contributed by atoms with E-state index in [1.54, 1.807) is 6.20 Å². The van der Waals surface area contributed by atoms with E-state index in [-0.39, 0.29) is 0 Å². The molecular weight excluding hydrogens is 217 g/mol. The van der Waals surface area contributed by atoms with Crippen molar-refractivity contribution in [1.29, 1.82) is 0 Å². The number of fused-ring (bicyclic) bond motifs is 1. The highest BCUT2D eigenvalue weighted by molar-refractivity contribution is 6.58. The van der Waals surface area contributed by atoms with E-state index < -0.39 is 7.12 Å². The summed E-state index contributed by atoms with van der Waals surface area (Å²) in [4.78, 5) is 8.70. The van der Waals surface area contributed by atoms with Gasteiger partial charge in [-0.15, -0.1) is 0 Å². The SMILES string of the molecule is CN1C[C@H]2CN(c3cncc(B(O)O)c3)C[C@H]21. The lowest BCUT2D eigenvalue weighted by molar-refractivity contribution is 0.0827. The molecule has 3 rings (SSSR count). The molecule has 2 atom stereocenters. The predicted octanol–water partition coefficient (Wildman–Crippen LogP) is -1.49. The van der Waals surface area contributed by atoms with Crippen molar-refractivity contribution in [2.24, 2.45) is 5.92 Å². The van der Waals surface area contributed by atoms with Crippen LogP contribution in [0, 0.1) is 5.92 Å². The summed E-state index contributed by atoms with van der Waals surface area (Å²) in [5.74, 6) is 0.753. The van der Waals surface area contributed by atoms with Crippen molar-refractivity contribution in [3.63, 3.8) is 0 Å². The summed E-state index contributed by atoms with van der Waals surface area (Å²) in [6.07, 6.45) is 3.28. The Morgan fingerprint density at radius 1 is 1.29 bits per heavy atom. The lowest BCUT2D eigenvalue weighted by Crippen LogP contribution is -2.52. The summed E-state index contributed by atoms with van der Waals surface area (Å²) in [5, 5.41) is 18.3. The second kappa shape index (κ2) is 3.98. The molecule has 0 aromatic carbocycles. The van der Waals surface area contributed by atoms with E-state index in [0.717, 1.165) is 31.2 Å². The Hall–Kier alpha value is -1.11. The molecule has 0 amide bonds. The van der Waals surface area contributed by atoms with Crippen LogP contribution < -0.4 is 10.4 Å². The average Bonchev–Trinajstić information content (AvgIpc) is 2.67. The van der Waals surface area contributed by atoms with Crippen LogP contribution in [0.1, 0.15) is 0 Å². The zero-order valence-electron chi connectivity index (χ0n) is 9.82. The monoisotopic (exact) mass is 233 g/mol. The molecule has 2 N–H and O–H groups in total. The quantitative estimate of drug-likeness (QED) is 0.609. The average molecular weight is 233 g/mol. The third-order valence-corrected chi connectivity index (χ3v) is 3.90. The minimum Gasteiger partial charge on any atom is -0.423 e. The Morgan fingerprint density at radius 2 is 2.12 bits per heavy atom. The second-order valence-corrected chi connectivity index (χ2v) is 5.02. The maximum Gasteiger partial charge on any atom is 0.490 e. The zero-order chi connectivity index (χ0) is 12.0. The zero-order valence-corrected chi connectivity index (χ0v) is 9.82. The van der Waals surface area contributed by atoms with E-state index in [1.165, 1.54) is 6.20 Å². The molecule has 1 aromatic rings. The molecule has 0 bridgehead atoms. The highest BCUT2D eigenvalue weighted by Crippen LogP contribution is 2.32. The fourth-order valence-corrected chi connectivity index (χ4v) is 2.87. The number of rotatable bonds is 2. The molecule has 2 aliphatic rings.